The van der Waals surface area contributed by atoms with Crippen LogP contribution >= 0.6 is 0 Å². The van der Waals surface area contributed by atoms with Crippen LogP contribution in [0.25, 0.3) is 10.8 Å². The van der Waals surface area contributed by atoms with E-state index in [9.17, 15) is 13.2 Å². The van der Waals surface area contributed by atoms with Gasteiger partial charge in [0.15, 0.2) is 0 Å². The highest BCUT2D eigenvalue weighted by atomic mass is 32.2. The van der Waals surface area contributed by atoms with Crippen LogP contribution in [0, 0.1) is 0 Å². The van der Waals surface area contributed by atoms with Gasteiger partial charge in [0.25, 0.3) is 5.91 Å². The molecule has 0 saturated carbocycles. The van der Waals surface area contributed by atoms with Crippen LogP contribution in [-0.4, -0.2) is 28.5 Å². The number of fused-ring (bicyclic) bond motifs is 1. The number of amides is 1. The summed E-state index contributed by atoms with van der Waals surface area (Å²) in [6.45, 7) is 0. The van der Waals surface area contributed by atoms with Crippen LogP contribution in [0.5, 0.6) is 5.75 Å². The Kier molecular flexibility index (Phi) is 4.92. The monoisotopic (exact) mass is 370 g/mol. The Bertz CT molecular complexity index is 1070. The zero-order valence-electron chi connectivity index (χ0n) is 14.3. The topological polar surface area (TPSA) is 84.5 Å². The minimum atomic E-state index is -3.76. The Balaban J connectivity index is 1.99. The molecule has 1 amide bonds. The minimum Gasteiger partial charge on any atom is -0.495 e. The standard InChI is InChI=1S/C19H18N2O4S/c1-20-26(23,24)18-12-14(10-11-17(18)25-2)19(22)21-16-9-5-7-13-6-3-4-8-15(13)16/h3-12,20H,1-2H3,(H,21,22). The van der Waals surface area contributed by atoms with Gasteiger partial charge in [-0.15, -0.1) is 0 Å². The van der Waals surface area contributed by atoms with Crippen LogP contribution < -0.4 is 14.8 Å². The van der Waals surface area contributed by atoms with Gasteiger partial charge in [-0.05, 0) is 36.7 Å². The van der Waals surface area contributed by atoms with E-state index >= 15 is 0 Å². The van der Waals surface area contributed by atoms with E-state index in [1.807, 2.05) is 36.4 Å². The smallest absolute Gasteiger partial charge is 0.255 e. The first-order chi connectivity index (χ1) is 12.5. The van der Waals surface area contributed by atoms with Crippen LogP contribution in [0.3, 0.4) is 0 Å². The molecular formula is C19H18N2O4S. The Morgan fingerprint density at radius 1 is 1.00 bits per heavy atom. The molecule has 3 aromatic carbocycles. The molecule has 3 aromatic rings. The zero-order chi connectivity index (χ0) is 18.7. The molecule has 0 aliphatic heterocycles. The molecule has 2 N–H and O–H groups in total. The number of carbonyl (C=O) groups is 1. The van der Waals surface area contributed by atoms with Crippen molar-refractivity contribution in [1.29, 1.82) is 0 Å². The van der Waals surface area contributed by atoms with Crippen molar-refractivity contribution >= 4 is 32.4 Å². The van der Waals surface area contributed by atoms with Crippen molar-refractivity contribution in [2.24, 2.45) is 0 Å². The van der Waals surface area contributed by atoms with Crippen molar-refractivity contribution in [2.75, 3.05) is 19.5 Å². The van der Waals surface area contributed by atoms with Gasteiger partial charge in [0.2, 0.25) is 10.0 Å². The number of carbonyl (C=O) groups excluding carboxylic acids is 1. The summed E-state index contributed by atoms with van der Waals surface area (Å²) in [6.07, 6.45) is 0. The van der Waals surface area contributed by atoms with Gasteiger partial charge in [0.05, 0.1) is 7.11 Å². The number of benzene rings is 3. The first-order valence-corrected chi connectivity index (χ1v) is 9.35. The number of methoxy groups -OCH3 is 1. The summed E-state index contributed by atoms with van der Waals surface area (Å²) < 4.78 is 31.7. The minimum absolute atomic E-state index is 0.0898. The number of hydrogen-bond acceptors (Lipinski definition) is 4. The lowest BCUT2D eigenvalue weighted by atomic mass is 10.1. The molecule has 0 fully saturated rings. The van der Waals surface area contributed by atoms with Crippen LogP contribution in [0.4, 0.5) is 5.69 Å². The summed E-state index contributed by atoms with van der Waals surface area (Å²) in [7, 11) is -1.08. The van der Waals surface area contributed by atoms with E-state index in [4.69, 9.17) is 4.74 Å². The average molecular weight is 370 g/mol. The number of rotatable bonds is 5. The molecule has 7 heteroatoms. The molecule has 134 valence electrons. The van der Waals surface area contributed by atoms with E-state index in [1.54, 1.807) is 6.07 Å². The highest BCUT2D eigenvalue weighted by Gasteiger charge is 2.20. The highest BCUT2D eigenvalue weighted by Crippen LogP contribution is 2.27. The molecule has 26 heavy (non-hydrogen) atoms. The molecular weight excluding hydrogens is 352 g/mol. The molecule has 0 saturated heterocycles. The molecule has 0 aliphatic rings. The quantitative estimate of drug-likeness (QED) is 0.723. The van der Waals surface area contributed by atoms with E-state index in [0.717, 1.165) is 10.8 Å². The van der Waals surface area contributed by atoms with Crippen molar-refractivity contribution in [3.8, 4) is 5.75 Å². The molecule has 6 nitrogen and oxygen atoms in total. The van der Waals surface area contributed by atoms with Gasteiger partial charge in [0, 0.05) is 16.6 Å². The number of ether oxygens (including phenoxy) is 1. The van der Waals surface area contributed by atoms with E-state index in [-0.39, 0.29) is 16.2 Å². The highest BCUT2D eigenvalue weighted by molar-refractivity contribution is 7.89. The molecule has 0 radical (unpaired) electrons. The van der Waals surface area contributed by atoms with E-state index in [0.29, 0.717) is 5.69 Å². The first kappa shape index (κ1) is 17.9. The van der Waals surface area contributed by atoms with Gasteiger partial charge < -0.3 is 10.1 Å². The second-order valence-corrected chi connectivity index (χ2v) is 7.41. The number of hydrogen-bond donors (Lipinski definition) is 2. The third-order valence-corrected chi connectivity index (χ3v) is 5.46. The number of anilines is 1. The van der Waals surface area contributed by atoms with Gasteiger partial charge in [-0.3, -0.25) is 4.79 Å². The molecule has 0 spiro atoms. The van der Waals surface area contributed by atoms with Gasteiger partial charge in [-0.25, -0.2) is 13.1 Å². The third kappa shape index (κ3) is 3.40. The van der Waals surface area contributed by atoms with Crippen LogP contribution in [0.1, 0.15) is 10.4 Å². The predicted molar refractivity (Wildman–Crippen MR) is 101 cm³/mol. The van der Waals surface area contributed by atoms with Crippen molar-refractivity contribution in [2.45, 2.75) is 4.90 Å². The maximum Gasteiger partial charge on any atom is 0.255 e. The predicted octanol–water partition coefficient (Wildman–Crippen LogP) is 3.01. The number of sulfonamides is 1. The van der Waals surface area contributed by atoms with Crippen molar-refractivity contribution in [1.82, 2.24) is 4.72 Å². The van der Waals surface area contributed by atoms with Gasteiger partial charge >= 0.3 is 0 Å². The summed E-state index contributed by atoms with van der Waals surface area (Å²) in [5.74, 6) is -0.238. The lowest BCUT2D eigenvalue weighted by Gasteiger charge is -2.12. The summed E-state index contributed by atoms with van der Waals surface area (Å²) >= 11 is 0. The van der Waals surface area contributed by atoms with Gasteiger partial charge in [0.1, 0.15) is 10.6 Å². The van der Waals surface area contributed by atoms with Gasteiger partial charge in [-0.1, -0.05) is 36.4 Å². The lowest BCUT2D eigenvalue weighted by Crippen LogP contribution is -2.20. The fourth-order valence-electron chi connectivity index (χ4n) is 2.67. The van der Waals surface area contributed by atoms with E-state index in [2.05, 4.69) is 10.0 Å². The molecule has 0 atom stereocenters. The fourth-order valence-corrected chi connectivity index (χ4v) is 3.59. The largest absolute Gasteiger partial charge is 0.495 e. The normalized spacial score (nSPS) is 11.3. The van der Waals surface area contributed by atoms with E-state index < -0.39 is 15.9 Å². The van der Waals surface area contributed by atoms with Crippen molar-refractivity contribution < 1.29 is 17.9 Å². The summed E-state index contributed by atoms with van der Waals surface area (Å²) in [5, 5.41) is 4.74. The summed E-state index contributed by atoms with van der Waals surface area (Å²) in [5.41, 5.74) is 0.870. The second kappa shape index (κ2) is 7.15. The van der Waals surface area contributed by atoms with Crippen molar-refractivity contribution in [3.05, 3.63) is 66.2 Å². The third-order valence-electron chi connectivity index (χ3n) is 4.02. The lowest BCUT2D eigenvalue weighted by molar-refractivity contribution is 0.102. The molecule has 3 rings (SSSR count). The SMILES string of the molecule is CNS(=O)(=O)c1cc(C(=O)Nc2cccc3ccccc23)ccc1OC. The maximum absolute atomic E-state index is 12.7. The molecule has 0 heterocycles. The Morgan fingerprint density at radius 2 is 1.73 bits per heavy atom. The summed E-state index contributed by atoms with van der Waals surface area (Å²) in [6, 6.07) is 17.6. The van der Waals surface area contributed by atoms with Crippen molar-refractivity contribution in [3.63, 3.8) is 0 Å². The van der Waals surface area contributed by atoms with Crippen LogP contribution in [0.15, 0.2) is 65.6 Å². The van der Waals surface area contributed by atoms with Crippen LogP contribution in [0.2, 0.25) is 0 Å². The first-order valence-electron chi connectivity index (χ1n) is 7.87. The Morgan fingerprint density at radius 3 is 2.46 bits per heavy atom. The molecule has 0 aromatic heterocycles. The molecule has 0 bridgehead atoms. The second-order valence-electron chi connectivity index (χ2n) is 5.55. The molecule has 0 aliphatic carbocycles. The van der Waals surface area contributed by atoms with Gasteiger partial charge in [-0.2, -0.15) is 0 Å². The number of nitrogens with one attached hydrogen (secondary N) is 2. The fraction of sp³-hybridized carbons (Fsp3) is 0.105. The van der Waals surface area contributed by atoms with Crippen LogP contribution in [-0.2, 0) is 10.0 Å². The Labute approximate surface area is 151 Å². The average Bonchev–Trinajstić information content (AvgIpc) is 2.67. The Hall–Kier alpha value is -2.90. The molecule has 0 unspecified atom stereocenters. The zero-order valence-corrected chi connectivity index (χ0v) is 15.1. The maximum atomic E-state index is 12.7. The van der Waals surface area contributed by atoms with E-state index in [1.165, 1.54) is 32.4 Å². The summed E-state index contributed by atoms with van der Waals surface area (Å²) in [4.78, 5) is 12.6.